The molecular weight excluding hydrogens is 222 g/mol. The second-order valence-corrected chi connectivity index (χ2v) is 3.37. The first-order valence-electron chi connectivity index (χ1n) is 5.13. The van der Waals surface area contributed by atoms with Gasteiger partial charge in [-0.25, -0.2) is 0 Å². The zero-order valence-electron chi connectivity index (χ0n) is 9.63. The summed E-state index contributed by atoms with van der Waals surface area (Å²) in [7, 11) is 1.38. The van der Waals surface area contributed by atoms with Crippen molar-refractivity contribution in [3.05, 3.63) is 35.4 Å². The van der Waals surface area contributed by atoms with Gasteiger partial charge < -0.3 is 15.4 Å². The molecule has 0 saturated heterocycles. The largest absolute Gasteiger partial charge is 0.469 e. The van der Waals surface area contributed by atoms with Gasteiger partial charge in [-0.1, -0.05) is 24.3 Å². The number of aryl methyl sites for hydroxylation is 1. The summed E-state index contributed by atoms with van der Waals surface area (Å²) in [5.74, 6) is 4.58. The van der Waals surface area contributed by atoms with Crippen LogP contribution < -0.4 is 5.84 Å². The lowest BCUT2D eigenvalue weighted by Crippen LogP contribution is -2.02. The molecule has 0 aliphatic heterocycles. The number of methoxy groups -OCH3 is 1. The molecule has 0 saturated carbocycles. The van der Waals surface area contributed by atoms with Crippen molar-refractivity contribution in [3.63, 3.8) is 0 Å². The summed E-state index contributed by atoms with van der Waals surface area (Å²) in [4.78, 5) is 15.8. The zero-order chi connectivity index (χ0) is 12.5. The number of benzene rings is 1. The van der Waals surface area contributed by atoms with E-state index in [-0.39, 0.29) is 5.97 Å². The molecule has 0 aliphatic carbocycles. The summed E-state index contributed by atoms with van der Waals surface area (Å²) in [6.45, 7) is 0.298. The molecule has 0 radical (unpaired) electrons. The smallest absolute Gasteiger partial charge is 0.305 e. The lowest BCUT2D eigenvalue weighted by atomic mass is 10.1. The third kappa shape index (κ3) is 4.96. The first-order valence-corrected chi connectivity index (χ1v) is 5.13. The van der Waals surface area contributed by atoms with Crippen LogP contribution in [0, 0.1) is 0 Å². The lowest BCUT2D eigenvalue weighted by Gasteiger charge is -2.03. The number of nitrogens with zero attached hydrogens (tertiary/aromatic N) is 2. The van der Waals surface area contributed by atoms with Gasteiger partial charge in [-0.3, -0.25) is 4.79 Å². The Hall–Kier alpha value is -2.11. The SMILES string of the molecule is COC(=O)CCc1cccc(CON=NN)c1. The molecule has 1 aromatic rings. The second kappa shape index (κ2) is 7.21. The Labute approximate surface area is 99.4 Å². The molecule has 6 nitrogen and oxygen atoms in total. The Morgan fingerprint density at radius 1 is 1.41 bits per heavy atom. The normalized spacial score (nSPS) is 10.4. The van der Waals surface area contributed by atoms with Gasteiger partial charge in [0.15, 0.2) is 0 Å². The number of carbonyl (C=O) groups is 1. The van der Waals surface area contributed by atoms with Crippen LogP contribution in [0.1, 0.15) is 17.5 Å². The van der Waals surface area contributed by atoms with E-state index in [0.717, 1.165) is 11.1 Å². The zero-order valence-corrected chi connectivity index (χ0v) is 9.63. The molecule has 0 aromatic heterocycles. The van der Waals surface area contributed by atoms with Gasteiger partial charge in [0, 0.05) is 11.7 Å². The highest BCUT2D eigenvalue weighted by Crippen LogP contribution is 2.09. The van der Waals surface area contributed by atoms with Crippen LogP contribution in [0.25, 0.3) is 0 Å². The minimum atomic E-state index is -0.219. The van der Waals surface area contributed by atoms with Crippen molar-refractivity contribution in [2.45, 2.75) is 19.4 Å². The summed E-state index contributed by atoms with van der Waals surface area (Å²) < 4.78 is 4.58. The van der Waals surface area contributed by atoms with E-state index >= 15 is 0 Å². The maximum Gasteiger partial charge on any atom is 0.305 e. The maximum absolute atomic E-state index is 11.0. The fraction of sp³-hybridized carbons (Fsp3) is 0.364. The molecule has 0 spiro atoms. The van der Waals surface area contributed by atoms with Crippen molar-refractivity contribution in [1.29, 1.82) is 0 Å². The van der Waals surface area contributed by atoms with E-state index in [0.29, 0.717) is 19.4 Å². The summed E-state index contributed by atoms with van der Waals surface area (Å²) in [5, 5.41) is 6.20. The third-order valence-corrected chi connectivity index (χ3v) is 2.17. The summed E-state index contributed by atoms with van der Waals surface area (Å²) in [6.07, 6.45) is 1.00. The van der Waals surface area contributed by atoms with Gasteiger partial charge in [0.25, 0.3) is 0 Å². The molecule has 1 rings (SSSR count). The predicted octanol–water partition coefficient (Wildman–Crippen LogP) is 1.55. The molecular formula is C11H15N3O3. The quantitative estimate of drug-likeness (QED) is 0.352. The summed E-state index contributed by atoms with van der Waals surface area (Å²) in [6, 6.07) is 7.67. The molecule has 92 valence electrons. The van der Waals surface area contributed by atoms with Crippen molar-refractivity contribution in [3.8, 4) is 0 Å². The Morgan fingerprint density at radius 3 is 2.88 bits per heavy atom. The van der Waals surface area contributed by atoms with Gasteiger partial charge in [-0.05, 0) is 22.8 Å². The number of hydrogen-bond donors (Lipinski definition) is 1. The fourth-order valence-electron chi connectivity index (χ4n) is 1.36. The molecule has 0 fully saturated rings. The minimum Gasteiger partial charge on any atom is -0.469 e. The van der Waals surface area contributed by atoms with Crippen molar-refractivity contribution in [2.75, 3.05) is 7.11 Å². The van der Waals surface area contributed by atoms with Crippen LogP contribution in [0.3, 0.4) is 0 Å². The predicted molar refractivity (Wildman–Crippen MR) is 60.6 cm³/mol. The van der Waals surface area contributed by atoms with Gasteiger partial charge in [-0.2, -0.15) is 0 Å². The molecule has 0 amide bonds. The molecule has 17 heavy (non-hydrogen) atoms. The Bertz CT molecular complexity index is 393. The highest BCUT2D eigenvalue weighted by atomic mass is 16.6. The first kappa shape index (κ1) is 13.0. The Balaban J connectivity index is 2.50. The van der Waals surface area contributed by atoms with Gasteiger partial charge in [0.2, 0.25) is 0 Å². The summed E-state index contributed by atoms with van der Waals surface area (Å²) >= 11 is 0. The van der Waals surface area contributed by atoms with Gasteiger partial charge >= 0.3 is 5.97 Å². The molecule has 0 atom stereocenters. The van der Waals surface area contributed by atoms with Crippen LogP contribution >= 0.6 is 0 Å². The molecule has 0 aliphatic rings. The number of hydrogen-bond acceptors (Lipinski definition) is 5. The monoisotopic (exact) mass is 237 g/mol. The van der Waals surface area contributed by atoms with Crippen LogP contribution in [-0.2, 0) is 27.4 Å². The standard InChI is InChI=1S/C11H15N3O3/c1-16-11(15)6-5-9-3-2-4-10(7-9)8-17-14-13-12/h2-4,7H,5-6,8H2,1H3,(H2,12,14). The molecule has 0 unspecified atom stereocenters. The van der Waals surface area contributed by atoms with Crippen LogP contribution in [-0.4, -0.2) is 13.1 Å². The van der Waals surface area contributed by atoms with E-state index in [1.807, 2.05) is 24.3 Å². The number of nitrogens with two attached hydrogens (primary N) is 1. The number of carbonyl (C=O) groups excluding carboxylic acids is 1. The Morgan fingerprint density at radius 2 is 2.18 bits per heavy atom. The highest BCUT2D eigenvalue weighted by molar-refractivity contribution is 5.69. The van der Waals surface area contributed by atoms with Crippen molar-refractivity contribution < 1.29 is 14.4 Å². The van der Waals surface area contributed by atoms with Crippen LogP contribution in [0.2, 0.25) is 0 Å². The van der Waals surface area contributed by atoms with Crippen molar-refractivity contribution >= 4 is 5.97 Å². The van der Waals surface area contributed by atoms with E-state index in [2.05, 4.69) is 15.2 Å². The van der Waals surface area contributed by atoms with E-state index in [4.69, 9.17) is 10.7 Å². The molecule has 0 heterocycles. The van der Waals surface area contributed by atoms with E-state index in [9.17, 15) is 4.79 Å². The second-order valence-electron chi connectivity index (χ2n) is 3.37. The highest BCUT2D eigenvalue weighted by Gasteiger charge is 2.02. The number of rotatable bonds is 6. The van der Waals surface area contributed by atoms with Crippen molar-refractivity contribution in [1.82, 2.24) is 0 Å². The van der Waals surface area contributed by atoms with E-state index < -0.39 is 0 Å². The average molecular weight is 237 g/mol. The fourth-order valence-corrected chi connectivity index (χ4v) is 1.36. The average Bonchev–Trinajstić information content (AvgIpc) is 2.37. The molecule has 1 aromatic carbocycles. The minimum absolute atomic E-state index is 0.219. The summed E-state index contributed by atoms with van der Waals surface area (Å²) in [5.41, 5.74) is 1.99. The van der Waals surface area contributed by atoms with Crippen LogP contribution in [0.5, 0.6) is 0 Å². The lowest BCUT2D eigenvalue weighted by molar-refractivity contribution is -0.140. The van der Waals surface area contributed by atoms with Gasteiger partial charge in [0.1, 0.15) is 6.61 Å². The van der Waals surface area contributed by atoms with E-state index in [1.165, 1.54) is 7.11 Å². The van der Waals surface area contributed by atoms with Gasteiger partial charge in [0.05, 0.1) is 7.11 Å². The van der Waals surface area contributed by atoms with Crippen LogP contribution in [0.4, 0.5) is 0 Å². The van der Waals surface area contributed by atoms with Gasteiger partial charge in [-0.15, -0.1) is 0 Å². The van der Waals surface area contributed by atoms with Crippen LogP contribution in [0.15, 0.2) is 34.8 Å². The first-order chi connectivity index (χ1) is 8.26. The molecule has 0 bridgehead atoms. The topological polar surface area (TPSA) is 86.3 Å². The number of esters is 1. The Kier molecular flexibility index (Phi) is 5.50. The third-order valence-electron chi connectivity index (χ3n) is 2.17. The number of ether oxygens (including phenoxy) is 1. The van der Waals surface area contributed by atoms with E-state index in [1.54, 1.807) is 0 Å². The van der Waals surface area contributed by atoms with Crippen molar-refractivity contribution in [2.24, 2.45) is 16.3 Å². The molecule has 6 heteroatoms. The maximum atomic E-state index is 11.0. The molecule has 2 N–H and O–H groups in total.